The molecule has 0 radical (unpaired) electrons. The number of hydrogen-bond donors (Lipinski definition) is 2. The third-order valence-corrected chi connectivity index (χ3v) is 3.46. The van der Waals surface area contributed by atoms with E-state index in [-0.39, 0.29) is 17.7 Å². The molecule has 2 aromatic heterocycles. The monoisotopic (exact) mass is 309 g/mol. The van der Waals surface area contributed by atoms with Gasteiger partial charge in [-0.05, 0) is 0 Å². The molecule has 0 fully saturated rings. The highest BCUT2D eigenvalue weighted by Gasteiger charge is 2.20. The molecule has 112 valence electrons. The SMILES string of the molecule is CC(=O)Nc1nc(C(=O)N(C)CC(C)c2nn[nH]n2)cs1. The fourth-order valence-electron chi connectivity index (χ4n) is 1.73. The highest BCUT2D eigenvalue weighted by atomic mass is 32.1. The van der Waals surface area contributed by atoms with Crippen LogP contribution in [-0.2, 0) is 4.79 Å². The van der Waals surface area contributed by atoms with Gasteiger partial charge in [0.2, 0.25) is 5.91 Å². The number of nitrogens with zero attached hydrogens (tertiary/aromatic N) is 5. The van der Waals surface area contributed by atoms with Crippen LogP contribution in [0.2, 0.25) is 0 Å². The molecule has 9 nitrogen and oxygen atoms in total. The highest BCUT2D eigenvalue weighted by Crippen LogP contribution is 2.17. The van der Waals surface area contributed by atoms with Crippen LogP contribution in [-0.4, -0.2) is 55.9 Å². The predicted molar refractivity (Wildman–Crippen MR) is 76.0 cm³/mol. The van der Waals surface area contributed by atoms with Crippen molar-refractivity contribution in [1.29, 1.82) is 0 Å². The number of amides is 2. The maximum Gasteiger partial charge on any atom is 0.273 e. The lowest BCUT2D eigenvalue weighted by Crippen LogP contribution is -2.31. The van der Waals surface area contributed by atoms with Crippen molar-refractivity contribution in [1.82, 2.24) is 30.5 Å². The molecule has 2 aromatic rings. The van der Waals surface area contributed by atoms with Crippen LogP contribution in [0.4, 0.5) is 5.13 Å². The van der Waals surface area contributed by atoms with Gasteiger partial charge < -0.3 is 10.2 Å². The summed E-state index contributed by atoms with van der Waals surface area (Å²) in [6.45, 7) is 3.73. The first-order valence-electron chi connectivity index (χ1n) is 6.19. The smallest absolute Gasteiger partial charge is 0.273 e. The molecule has 1 unspecified atom stereocenters. The van der Waals surface area contributed by atoms with Crippen LogP contribution in [0.15, 0.2) is 5.38 Å². The molecule has 0 bridgehead atoms. The number of tetrazole rings is 1. The summed E-state index contributed by atoms with van der Waals surface area (Å²) in [7, 11) is 1.68. The number of nitrogens with one attached hydrogen (secondary N) is 2. The summed E-state index contributed by atoms with van der Waals surface area (Å²) >= 11 is 1.21. The first-order chi connectivity index (χ1) is 9.97. The predicted octanol–water partition coefficient (Wildman–Crippen LogP) is 0.490. The number of carbonyl (C=O) groups excluding carboxylic acids is 2. The zero-order valence-electron chi connectivity index (χ0n) is 11.8. The van der Waals surface area contributed by atoms with E-state index in [1.807, 2.05) is 6.92 Å². The van der Waals surface area contributed by atoms with E-state index in [0.717, 1.165) is 0 Å². The lowest BCUT2D eigenvalue weighted by molar-refractivity contribution is -0.114. The number of thiazole rings is 1. The first kappa shape index (κ1) is 15.0. The molecule has 0 spiro atoms. The number of anilines is 1. The normalized spacial score (nSPS) is 12.0. The van der Waals surface area contributed by atoms with Gasteiger partial charge in [0.1, 0.15) is 5.69 Å². The van der Waals surface area contributed by atoms with Gasteiger partial charge in [0.05, 0.1) is 0 Å². The Morgan fingerprint density at radius 2 is 2.29 bits per heavy atom. The Bertz CT molecular complexity index is 624. The zero-order valence-corrected chi connectivity index (χ0v) is 12.6. The third-order valence-electron chi connectivity index (χ3n) is 2.70. The molecule has 2 heterocycles. The van der Waals surface area contributed by atoms with Gasteiger partial charge in [-0.25, -0.2) is 4.98 Å². The number of carbonyl (C=O) groups is 2. The molecular weight excluding hydrogens is 294 g/mol. The van der Waals surface area contributed by atoms with Gasteiger partial charge in [-0.3, -0.25) is 9.59 Å². The minimum atomic E-state index is -0.224. The van der Waals surface area contributed by atoms with Crippen LogP contribution in [0, 0.1) is 0 Å². The summed E-state index contributed by atoms with van der Waals surface area (Å²) in [6.07, 6.45) is 0. The summed E-state index contributed by atoms with van der Waals surface area (Å²) in [5.74, 6) is 0.0543. The Labute approximate surface area is 124 Å². The van der Waals surface area contributed by atoms with E-state index in [4.69, 9.17) is 0 Å². The summed E-state index contributed by atoms with van der Waals surface area (Å²) in [4.78, 5) is 28.8. The van der Waals surface area contributed by atoms with E-state index in [9.17, 15) is 9.59 Å². The van der Waals surface area contributed by atoms with Gasteiger partial charge in [-0.15, -0.1) is 21.5 Å². The van der Waals surface area contributed by atoms with Gasteiger partial charge in [-0.1, -0.05) is 12.1 Å². The molecule has 0 aromatic carbocycles. The molecular formula is C11H15N7O2S. The van der Waals surface area contributed by atoms with Gasteiger partial charge in [0.25, 0.3) is 5.91 Å². The van der Waals surface area contributed by atoms with Crippen molar-refractivity contribution in [2.45, 2.75) is 19.8 Å². The Kier molecular flexibility index (Phi) is 4.58. The van der Waals surface area contributed by atoms with Gasteiger partial charge in [-0.2, -0.15) is 5.21 Å². The Morgan fingerprint density at radius 1 is 1.52 bits per heavy atom. The first-order valence-corrected chi connectivity index (χ1v) is 7.07. The number of aromatic nitrogens is 5. The van der Waals surface area contributed by atoms with Crippen molar-refractivity contribution in [3.05, 3.63) is 16.9 Å². The van der Waals surface area contributed by atoms with Gasteiger partial charge >= 0.3 is 0 Å². The Balaban J connectivity index is 1.98. The Hall–Kier alpha value is -2.36. The molecule has 0 aliphatic rings. The van der Waals surface area contributed by atoms with E-state index >= 15 is 0 Å². The molecule has 2 rings (SSSR count). The van der Waals surface area contributed by atoms with Crippen LogP contribution < -0.4 is 5.32 Å². The number of rotatable bonds is 5. The second-order valence-electron chi connectivity index (χ2n) is 4.58. The molecule has 0 aliphatic carbocycles. The zero-order chi connectivity index (χ0) is 15.4. The van der Waals surface area contributed by atoms with Crippen molar-refractivity contribution in [3.8, 4) is 0 Å². The van der Waals surface area contributed by atoms with Crippen LogP contribution in [0.25, 0.3) is 0 Å². The molecule has 0 saturated heterocycles. The number of hydrogen-bond acceptors (Lipinski definition) is 7. The fourth-order valence-corrected chi connectivity index (χ4v) is 2.46. The minimum absolute atomic E-state index is 0.0499. The average Bonchev–Trinajstić information content (AvgIpc) is 3.07. The fraction of sp³-hybridized carbons (Fsp3) is 0.455. The maximum absolute atomic E-state index is 12.2. The second kappa shape index (κ2) is 6.39. The van der Waals surface area contributed by atoms with Crippen LogP contribution in [0.1, 0.15) is 36.1 Å². The molecule has 2 N–H and O–H groups in total. The minimum Gasteiger partial charge on any atom is -0.340 e. The topological polar surface area (TPSA) is 117 Å². The lowest BCUT2D eigenvalue weighted by Gasteiger charge is -2.18. The maximum atomic E-state index is 12.2. The molecule has 10 heteroatoms. The summed E-state index contributed by atoms with van der Waals surface area (Å²) in [5.41, 5.74) is 0.298. The van der Waals surface area contributed by atoms with Gasteiger partial charge in [0, 0.05) is 31.8 Å². The van der Waals surface area contributed by atoms with E-state index in [1.54, 1.807) is 12.4 Å². The van der Waals surface area contributed by atoms with Crippen molar-refractivity contribution >= 4 is 28.3 Å². The van der Waals surface area contributed by atoms with Crippen molar-refractivity contribution in [3.63, 3.8) is 0 Å². The highest BCUT2D eigenvalue weighted by molar-refractivity contribution is 7.14. The van der Waals surface area contributed by atoms with E-state index in [1.165, 1.54) is 23.2 Å². The second-order valence-corrected chi connectivity index (χ2v) is 5.43. The quantitative estimate of drug-likeness (QED) is 0.830. The number of likely N-dealkylation sites (N-methyl/N-ethyl adjacent to an activating group) is 1. The standard InChI is InChI=1S/C11H15N7O2S/c1-6(9-14-16-17-15-9)4-18(3)10(20)8-5-21-11(13-8)12-7(2)19/h5-6H,4H2,1-3H3,(H,12,13,19)(H,14,15,16,17). The average molecular weight is 309 g/mol. The molecule has 0 aliphatic heterocycles. The van der Waals surface area contributed by atoms with Crippen molar-refractivity contribution in [2.75, 3.05) is 18.9 Å². The third kappa shape index (κ3) is 3.81. The summed E-state index contributed by atoms with van der Waals surface area (Å²) < 4.78 is 0. The summed E-state index contributed by atoms with van der Waals surface area (Å²) in [5, 5.41) is 18.2. The number of H-pyrrole nitrogens is 1. The largest absolute Gasteiger partial charge is 0.340 e. The summed E-state index contributed by atoms with van der Waals surface area (Å²) in [6, 6.07) is 0. The molecule has 0 saturated carbocycles. The van der Waals surface area contributed by atoms with E-state index in [2.05, 4.69) is 30.9 Å². The van der Waals surface area contributed by atoms with Crippen LogP contribution in [0.5, 0.6) is 0 Å². The van der Waals surface area contributed by atoms with Crippen LogP contribution in [0.3, 0.4) is 0 Å². The molecule has 21 heavy (non-hydrogen) atoms. The lowest BCUT2D eigenvalue weighted by atomic mass is 10.1. The van der Waals surface area contributed by atoms with Crippen molar-refractivity contribution < 1.29 is 9.59 Å². The Morgan fingerprint density at radius 3 is 2.90 bits per heavy atom. The van der Waals surface area contributed by atoms with Crippen molar-refractivity contribution in [2.24, 2.45) is 0 Å². The molecule has 2 amide bonds. The molecule has 1 atom stereocenters. The van der Waals surface area contributed by atoms with Crippen LogP contribution >= 0.6 is 11.3 Å². The number of aromatic amines is 1. The van der Waals surface area contributed by atoms with E-state index in [0.29, 0.717) is 23.2 Å². The van der Waals surface area contributed by atoms with E-state index < -0.39 is 0 Å². The van der Waals surface area contributed by atoms with Gasteiger partial charge in [0.15, 0.2) is 11.0 Å².